The van der Waals surface area contributed by atoms with Crippen molar-refractivity contribution in [3.63, 3.8) is 0 Å². The molecule has 1 aromatic heterocycles. The first kappa shape index (κ1) is 38.3. The molecule has 4 N–H and O–H groups in total. The van der Waals surface area contributed by atoms with Gasteiger partial charge in [-0.1, -0.05) is 79.1 Å². The topological polar surface area (TPSA) is 180 Å². The Morgan fingerprint density at radius 3 is 2.16 bits per heavy atom. The smallest absolute Gasteiger partial charge is 0.289 e. The summed E-state index contributed by atoms with van der Waals surface area (Å²) >= 11 is 0. The van der Waals surface area contributed by atoms with Crippen molar-refractivity contribution in [3.05, 3.63) is 24.3 Å². The third-order valence-corrected chi connectivity index (χ3v) is 11.2. The molecule has 51 heavy (non-hydrogen) atoms. The molecule has 0 unspecified atom stereocenters. The summed E-state index contributed by atoms with van der Waals surface area (Å²) in [6.07, 6.45) is 16.0. The van der Waals surface area contributed by atoms with Gasteiger partial charge in [-0.2, -0.15) is 0 Å². The van der Waals surface area contributed by atoms with Crippen LogP contribution in [0.25, 0.3) is 0 Å². The van der Waals surface area contributed by atoms with E-state index in [1.165, 1.54) is 18.6 Å². The average molecular weight is 708 g/mol. The molecule has 280 valence electrons. The molecule has 1 saturated heterocycles. The molecule has 0 radical (unpaired) electrons. The Labute approximate surface area is 301 Å². The summed E-state index contributed by atoms with van der Waals surface area (Å²) in [6.45, 7) is 7.85. The summed E-state index contributed by atoms with van der Waals surface area (Å²) in [5.74, 6) is -3.07. The molecule has 1 aromatic rings. The number of nitrogens with zero attached hydrogens (tertiary/aromatic N) is 3. The van der Waals surface area contributed by atoms with Crippen LogP contribution in [0.4, 0.5) is 0 Å². The summed E-state index contributed by atoms with van der Waals surface area (Å²) < 4.78 is 0. The van der Waals surface area contributed by atoms with Crippen LogP contribution in [0, 0.1) is 23.2 Å². The van der Waals surface area contributed by atoms with E-state index < -0.39 is 59.0 Å². The van der Waals surface area contributed by atoms with Crippen LogP contribution in [0.2, 0.25) is 0 Å². The lowest BCUT2D eigenvalue weighted by Gasteiger charge is -2.38. The number of aromatic nitrogens is 2. The van der Waals surface area contributed by atoms with E-state index in [0.29, 0.717) is 25.8 Å². The molecular formula is C38H57N7O6. The van der Waals surface area contributed by atoms with Crippen LogP contribution in [-0.4, -0.2) is 86.9 Å². The van der Waals surface area contributed by atoms with Crippen molar-refractivity contribution in [1.82, 2.24) is 36.1 Å². The Balaban J connectivity index is 1.38. The van der Waals surface area contributed by atoms with Crippen molar-refractivity contribution < 1.29 is 28.8 Å². The number of amides is 5. The zero-order valence-corrected chi connectivity index (χ0v) is 30.7. The highest BCUT2D eigenvalue weighted by Gasteiger charge is 2.50. The molecule has 1 aliphatic heterocycles. The number of Topliss-reactive ketones (excluding diaryl/α,β-unsaturated/α-hetero) is 1. The summed E-state index contributed by atoms with van der Waals surface area (Å²) in [5, 5.41) is 11.6. The number of likely N-dealkylation sites (tertiary alicyclic amines) is 1. The molecule has 5 atom stereocenters. The molecular weight excluding hydrogens is 650 g/mol. The van der Waals surface area contributed by atoms with Gasteiger partial charge < -0.3 is 26.2 Å². The van der Waals surface area contributed by atoms with Gasteiger partial charge in [-0.15, -0.1) is 0 Å². The van der Waals surface area contributed by atoms with Crippen molar-refractivity contribution in [2.45, 2.75) is 148 Å². The van der Waals surface area contributed by atoms with Gasteiger partial charge in [0.2, 0.25) is 23.5 Å². The van der Waals surface area contributed by atoms with Gasteiger partial charge in [0.25, 0.3) is 11.8 Å². The van der Waals surface area contributed by atoms with Gasteiger partial charge >= 0.3 is 0 Å². The third kappa shape index (κ3) is 9.71. The van der Waals surface area contributed by atoms with E-state index in [9.17, 15) is 28.8 Å². The maximum Gasteiger partial charge on any atom is 0.289 e. The molecule has 13 nitrogen and oxygen atoms in total. The van der Waals surface area contributed by atoms with Gasteiger partial charge in [-0.05, 0) is 61.7 Å². The second-order valence-corrected chi connectivity index (χ2v) is 16.2. The lowest BCUT2D eigenvalue weighted by molar-refractivity contribution is -0.146. The van der Waals surface area contributed by atoms with E-state index in [2.05, 4.69) is 31.2 Å². The zero-order valence-electron chi connectivity index (χ0n) is 30.7. The minimum atomic E-state index is -1.00. The number of ketones is 1. The van der Waals surface area contributed by atoms with Gasteiger partial charge in [0.1, 0.15) is 23.8 Å². The quantitative estimate of drug-likeness (QED) is 0.213. The van der Waals surface area contributed by atoms with Gasteiger partial charge in [-0.3, -0.25) is 33.8 Å². The first-order valence-corrected chi connectivity index (χ1v) is 19.2. The van der Waals surface area contributed by atoms with E-state index in [1.54, 1.807) is 4.90 Å². The Kier molecular flexibility index (Phi) is 12.8. The zero-order chi connectivity index (χ0) is 36.7. The monoisotopic (exact) mass is 707 g/mol. The molecule has 13 heteroatoms. The third-order valence-electron chi connectivity index (χ3n) is 11.2. The van der Waals surface area contributed by atoms with Gasteiger partial charge in [-0.25, -0.2) is 4.98 Å². The molecule has 4 aliphatic rings. The standard InChI is InChI=1S/C38H57N7O6/c1-5-11-27(31(46)36(50)41-25-16-17-25)42-35(49)30-26(23-12-9-10-13-23)18-21-45(30)37(51)32(38(2,3)4)44-34(48)29(24-14-7-6-8-15-24)43-33(47)28-22-39-19-20-40-28/h19-20,22-27,29-30,32H,5-18,21H2,1-4H3,(H,41,50)(H,42,49)(H,43,47)(H,44,48)/t26-,27+,29+,30+,32-/m1/s1. The minimum absolute atomic E-state index is 0.0108. The second-order valence-electron chi connectivity index (χ2n) is 16.2. The summed E-state index contributed by atoms with van der Waals surface area (Å²) in [6, 6.07) is -3.71. The number of carbonyl (C=O) groups excluding carboxylic acids is 6. The van der Waals surface area contributed by atoms with Crippen LogP contribution in [0.5, 0.6) is 0 Å². The van der Waals surface area contributed by atoms with Crippen LogP contribution in [-0.2, 0) is 24.0 Å². The SMILES string of the molecule is CCC[C@H](NC(=O)[C@@H]1[C@@H](C2CCCC2)CCN1C(=O)[C@@H](NC(=O)[C@@H](NC(=O)c1cnccn1)C1CCCCC1)C(C)(C)C)C(=O)C(=O)NC1CC1. The van der Waals surface area contributed by atoms with E-state index in [1.807, 2.05) is 27.7 Å². The molecule has 3 aliphatic carbocycles. The molecule has 5 amide bonds. The fourth-order valence-corrected chi connectivity index (χ4v) is 8.28. The first-order valence-electron chi connectivity index (χ1n) is 19.2. The molecule has 4 fully saturated rings. The van der Waals surface area contributed by atoms with Crippen molar-refractivity contribution in [2.24, 2.45) is 23.2 Å². The average Bonchev–Trinajstić information content (AvgIpc) is 3.56. The van der Waals surface area contributed by atoms with Crippen molar-refractivity contribution in [2.75, 3.05) is 6.54 Å². The second kappa shape index (κ2) is 17.1. The Hall–Kier alpha value is -3.90. The first-order chi connectivity index (χ1) is 24.4. The van der Waals surface area contributed by atoms with Crippen molar-refractivity contribution in [3.8, 4) is 0 Å². The fraction of sp³-hybridized carbons (Fsp3) is 0.737. The summed E-state index contributed by atoms with van der Waals surface area (Å²) in [7, 11) is 0. The highest BCUT2D eigenvalue weighted by Crippen LogP contribution is 2.41. The number of nitrogens with one attached hydrogen (secondary N) is 4. The van der Waals surface area contributed by atoms with E-state index >= 15 is 0 Å². The molecule has 5 rings (SSSR count). The number of carbonyl (C=O) groups is 6. The molecule has 3 saturated carbocycles. The lowest BCUT2D eigenvalue weighted by atomic mass is 9.81. The molecule has 2 heterocycles. The van der Waals surface area contributed by atoms with Crippen LogP contribution in [0.1, 0.15) is 128 Å². The maximum atomic E-state index is 14.7. The predicted molar refractivity (Wildman–Crippen MR) is 190 cm³/mol. The number of hydrogen-bond donors (Lipinski definition) is 4. The number of rotatable bonds is 14. The van der Waals surface area contributed by atoms with Crippen LogP contribution in [0.3, 0.4) is 0 Å². The predicted octanol–water partition coefficient (Wildman–Crippen LogP) is 3.23. The normalized spacial score (nSPS) is 23.2. The maximum absolute atomic E-state index is 14.7. The number of hydrogen-bond acceptors (Lipinski definition) is 8. The minimum Gasteiger partial charge on any atom is -0.347 e. The van der Waals surface area contributed by atoms with Crippen molar-refractivity contribution >= 4 is 35.3 Å². The van der Waals surface area contributed by atoms with E-state index in [4.69, 9.17) is 0 Å². The van der Waals surface area contributed by atoms with Crippen LogP contribution >= 0.6 is 0 Å². The summed E-state index contributed by atoms with van der Waals surface area (Å²) in [4.78, 5) is 92.1. The Bertz CT molecular complexity index is 1420. The fourth-order valence-electron chi connectivity index (χ4n) is 8.28. The van der Waals surface area contributed by atoms with Gasteiger partial charge in [0, 0.05) is 25.0 Å². The van der Waals surface area contributed by atoms with E-state index in [-0.39, 0.29) is 35.4 Å². The highest BCUT2D eigenvalue weighted by atomic mass is 16.2. The van der Waals surface area contributed by atoms with Crippen molar-refractivity contribution in [1.29, 1.82) is 0 Å². The molecule has 0 aromatic carbocycles. The Morgan fingerprint density at radius 1 is 0.863 bits per heavy atom. The highest BCUT2D eigenvalue weighted by molar-refractivity contribution is 6.38. The van der Waals surface area contributed by atoms with Gasteiger partial charge in [0.05, 0.1) is 12.2 Å². The summed E-state index contributed by atoms with van der Waals surface area (Å²) in [5.41, 5.74) is -0.643. The van der Waals surface area contributed by atoms with Crippen LogP contribution in [0.15, 0.2) is 18.6 Å². The van der Waals surface area contributed by atoms with Crippen LogP contribution < -0.4 is 21.3 Å². The largest absolute Gasteiger partial charge is 0.347 e. The lowest BCUT2D eigenvalue weighted by Crippen LogP contribution is -2.62. The van der Waals surface area contributed by atoms with Gasteiger partial charge in [0.15, 0.2) is 0 Å². The molecule has 0 spiro atoms. The molecule has 0 bridgehead atoms. The van der Waals surface area contributed by atoms with E-state index in [0.717, 1.165) is 70.6 Å². The Morgan fingerprint density at radius 2 is 1.55 bits per heavy atom.